The third-order valence-electron chi connectivity index (χ3n) is 4.88. The van der Waals surface area contributed by atoms with Crippen LogP contribution < -0.4 is 4.90 Å². The molecule has 6 nitrogen and oxygen atoms in total. The van der Waals surface area contributed by atoms with Gasteiger partial charge in [0.2, 0.25) is 0 Å². The molecule has 2 aromatic carbocycles. The minimum absolute atomic E-state index is 0.0606. The molecule has 3 aromatic rings. The fraction of sp³-hybridized carbons (Fsp3) is 0.300. The first-order chi connectivity index (χ1) is 13.3. The van der Waals surface area contributed by atoms with Gasteiger partial charge in [-0.3, -0.25) is 4.79 Å². The topological polar surface area (TPSA) is 70.6 Å². The third kappa shape index (κ3) is 3.74. The molecule has 4 rings (SSSR count). The number of rotatable bonds is 3. The van der Waals surface area contributed by atoms with E-state index in [4.69, 9.17) is 0 Å². The van der Waals surface area contributed by atoms with Crippen LogP contribution in [0.3, 0.4) is 0 Å². The van der Waals surface area contributed by atoms with Crippen LogP contribution in [0.15, 0.2) is 47.4 Å². The van der Waals surface area contributed by atoms with Crippen molar-refractivity contribution in [2.24, 2.45) is 0 Å². The van der Waals surface area contributed by atoms with E-state index in [1.165, 1.54) is 17.6 Å². The molecule has 0 saturated carbocycles. The molecule has 1 saturated heterocycles. The van der Waals surface area contributed by atoms with E-state index in [0.717, 1.165) is 26.5 Å². The van der Waals surface area contributed by atoms with Crippen molar-refractivity contribution in [1.82, 2.24) is 9.88 Å². The Morgan fingerprint density at radius 3 is 2.50 bits per heavy atom. The van der Waals surface area contributed by atoms with Crippen molar-refractivity contribution in [3.63, 3.8) is 0 Å². The predicted octanol–water partition coefficient (Wildman–Crippen LogP) is 2.97. The van der Waals surface area contributed by atoms with E-state index in [9.17, 15) is 13.2 Å². The Morgan fingerprint density at radius 2 is 1.82 bits per heavy atom. The molecule has 0 aliphatic carbocycles. The van der Waals surface area contributed by atoms with Gasteiger partial charge in [-0.2, -0.15) is 0 Å². The number of carbonyl (C=O) groups excluding carboxylic acids is 1. The Bertz CT molecular complexity index is 1150. The first-order valence-corrected chi connectivity index (χ1v) is 11.7. The lowest BCUT2D eigenvalue weighted by Gasteiger charge is -2.34. The van der Waals surface area contributed by atoms with Gasteiger partial charge in [-0.05, 0) is 37.3 Å². The maximum Gasteiger partial charge on any atom is 0.253 e. The van der Waals surface area contributed by atoms with Crippen LogP contribution >= 0.6 is 11.3 Å². The summed E-state index contributed by atoms with van der Waals surface area (Å²) in [4.78, 5) is 21.7. The lowest BCUT2D eigenvalue weighted by atomic mass is 10.1. The summed E-state index contributed by atoms with van der Waals surface area (Å²) in [6, 6.07) is 12.7. The number of hydrogen-bond donors (Lipinski definition) is 0. The van der Waals surface area contributed by atoms with Gasteiger partial charge in [0, 0.05) is 38.0 Å². The van der Waals surface area contributed by atoms with Crippen LogP contribution in [0.5, 0.6) is 0 Å². The molecule has 0 atom stereocenters. The number of aryl methyl sites for hydroxylation is 1. The highest BCUT2D eigenvalue weighted by molar-refractivity contribution is 7.90. The van der Waals surface area contributed by atoms with Crippen molar-refractivity contribution in [2.75, 3.05) is 37.3 Å². The number of amides is 1. The molecule has 1 aromatic heterocycles. The second-order valence-corrected chi connectivity index (χ2v) is 10.1. The zero-order chi connectivity index (χ0) is 19.9. The summed E-state index contributed by atoms with van der Waals surface area (Å²) in [5.41, 5.74) is 2.60. The summed E-state index contributed by atoms with van der Waals surface area (Å²) in [5, 5.41) is 0.864. The zero-order valence-corrected chi connectivity index (χ0v) is 17.4. The monoisotopic (exact) mass is 415 g/mol. The highest BCUT2D eigenvalue weighted by Gasteiger charge is 2.24. The lowest BCUT2D eigenvalue weighted by Crippen LogP contribution is -2.48. The van der Waals surface area contributed by atoms with E-state index in [-0.39, 0.29) is 5.91 Å². The maximum absolute atomic E-state index is 12.7. The first-order valence-electron chi connectivity index (χ1n) is 9.03. The molecule has 0 bridgehead atoms. The smallest absolute Gasteiger partial charge is 0.253 e. The fourth-order valence-corrected chi connectivity index (χ4v) is 5.10. The number of anilines is 1. The largest absolute Gasteiger partial charge is 0.345 e. The molecule has 28 heavy (non-hydrogen) atoms. The molecular formula is C20H21N3O3S2. The number of carbonyl (C=O) groups is 1. The van der Waals surface area contributed by atoms with Gasteiger partial charge in [0.05, 0.1) is 15.1 Å². The number of thiazole rings is 1. The van der Waals surface area contributed by atoms with E-state index in [1.807, 2.05) is 36.1 Å². The van der Waals surface area contributed by atoms with Crippen LogP contribution in [-0.4, -0.2) is 56.6 Å². The highest BCUT2D eigenvalue weighted by Crippen LogP contribution is 2.31. The Hall–Kier alpha value is -2.45. The minimum Gasteiger partial charge on any atom is -0.345 e. The molecule has 0 N–H and O–H groups in total. The van der Waals surface area contributed by atoms with Crippen molar-refractivity contribution in [3.05, 3.63) is 53.6 Å². The van der Waals surface area contributed by atoms with E-state index in [2.05, 4.69) is 9.88 Å². The van der Waals surface area contributed by atoms with E-state index >= 15 is 0 Å². The van der Waals surface area contributed by atoms with Crippen LogP contribution in [0.1, 0.15) is 15.9 Å². The molecule has 2 heterocycles. The minimum atomic E-state index is -3.24. The summed E-state index contributed by atoms with van der Waals surface area (Å²) in [6.07, 6.45) is 1.21. The molecule has 0 unspecified atom stereocenters. The quantitative estimate of drug-likeness (QED) is 0.658. The molecule has 0 spiro atoms. The first kappa shape index (κ1) is 18.9. The Labute approximate surface area is 168 Å². The van der Waals surface area contributed by atoms with E-state index in [0.29, 0.717) is 31.1 Å². The molecule has 1 amide bonds. The molecule has 1 fully saturated rings. The van der Waals surface area contributed by atoms with Crippen molar-refractivity contribution in [2.45, 2.75) is 11.8 Å². The highest BCUT2D eigenvalue weighted by atomic mass is 32.2. The fourth-order valence-electron chi connectivity index (χ4n) is 3.32. The van der Waals surface area contributed by atoms with Crippen LogP contribution in [0, 0.1) is 6.92 Å². The van der Waals surface area contributed by atoms with Gasteiger partial charge in [0.15, 0.2) is 15.0 Å². The van der Waals surface area contributed by atoms with Gasteiger partial charge in [-0.15, -0.1) is 0 Å². The molecule has 8 heteroatoms. The molecule has 1 aliphatic rings. The third-order valence-corrected chi connectivity index (χ3v) is 7.07. The number of piperazine rings is 1. The van der Waals surface area contributed by atoms with Crippen molar-refractivity contribution >= 4 is 42.4 Å². The second kappa shape index (κ2) is 7.18. The Kier molecular flexibility index (Phi) is 4.84. The molecular weight excluding hydrogens is 394 g/mol. The van der Waals surface area contributed by atoms with Crippen LogP contribution in [-0.2, 0) is 9.84 Å². The average Bonchev–Trinajstić information content (AvgIpc) is 3.10. The van der Waals surface area contributed by atoms with Crippen molar-refractivity contribution < 1.29 is 13.2 Å². The standard InChI is InChI=1S/C20H21N3O3S2/c1-14-4-3-5-15(12-14)19(24)22-8-10-23(11-9-22)20-21-17-7-6-16(28(2,25)26)13-18(17)27-20/h3-7,12-13H,8-11H2,1-2H3. The van der Waals surface area contributed by atoms with Crippen LogP contribution in [0.4, 0.5) is 5.13 Å². The number of hydrogen-bond acceptors (Lipinski definition) is 6. The van der Waals surface area contributed by atoms with Crippen LogP contribution in [0.2, 0.25) is 0 Å². The van der Waals surface area contributed by atoms with Gasteiger partial charge in [-0.1, -0.05) is 29.0 Å². The van der Waals surface area contributed by atoms with Crippen LogP contribution in [0.25, 0.3) is 10.2 Å². The SMILES string of the molecule is Cc1cccc(C(=O)N2CCN(c3nc4ccc(S(C)(=O)=O)cc4s3)CC2)c1. The number of fused-ring (bicyclic) bond motifs is 1. The summed E-state index contributed by atoms with van der Waals surface area (Å²) < 4.78 is 24.4. The maximum atomic E-state index is 12.7. The Balaban J connectivity index is 1.48. The summed E-state index contributed by atoms with van der Waals surface area (Å²) >= 11 is 1.49. The van der Waals surface area contributed by atoms with Gasteiger partial charge in [-0.25, -0.2) is 13.4 Å². The molecule has 146 valence electrons. The van der Waals surface area contributed by atoms with Gasteiger partial charge >= 0.3 is 0 Å². The zero-order valence-electron chi connectivity index (χ0n) is 15.8. The number of sulfone groups is 1. The molecule has 1 aliphatic heterocycles. The predicted molar refractivity (Wildman–Crippen MR) is 112 cm³/mol. The number of benzene rings is 2. The summed E-state index contributed by atoms with van der Waals surface area (Å²) in [5.74, 6) is 0.0606. The second-order valence-electron chi connectivity index (χ2n) is 7.05. The Morgan fingerprint density at radius 1 is 1.07 bits per heavy atom. The molecule has 0 radical (unpaired) electrons. The van der Waals surface area contributed by atoms with Crippen molar-refractivity contribution in [1.29, 1.82) is 0 Å². The van der Waals surface area contributed by atoms with E-state index < -0.39 is 9.84 Å². The van der Waals surface area contributed by atoms with Crippen molar-refractivity contribution in [3.8, 4) is 0 Å². The van der Waals surface area contributed by atoms with Gasteiger partial charge in [0.1, 0.15) is 0 Å². The van der Waals surface area contributed by atoms with Gasteiger partial charge < -0.3 is 9.80 Å². The van der Waals surface area contributed by atoms with Gasteiger partial charge in [0.25, 0.3) is 5.91 Å². The lowest BCUT2D eigenvalue weighted by molar-refractivity contribution is 0.0746. The summed E-state index contributed by atoms with van der Waals surface area (Å²) in [7, 11) is -3.24. The normalized spacial score (nSPS) is 15.2. The number of aromatic nitrogens is 1. The number of nitrogens with zero attached hydrogens (tertiary/aromatic N) is 3. The van der Waals surface area contributed by atoms with E-state index in [1.54, 1.807) is 18.2 Å². The summed E-state index contributed by atoms with van der Waals surface area (Å²) in [6.45, 7) is 4.66. The average molecular weight is 416 g/mol.